The second-order valence-electron chi connectivity index (χ2n) is 8.61. The van der Waals surface area contributed by atoms with Gasteiger partial charge < -0.3 is 15.4 Å². The molecule has 0 unspecified atom stereocenters. The number of fused-ring (bicyclic) bond motifs is 6. The molecule has 6 heteroatoms. The Kier molecular flexibility index (Phi) is 5.05. The van der Waals surface area contributed by atoms with Gasteiger partial charge in [0.05, 0.1) is 0 Å². The Hall–Kier alpha value is -3.51. The van der Waals surface area contributed by atoms with Crippen LogP contribution in [0.3, 0.4) is 0 Å². The summed E-state index contributed by atoms with van der Waals surface area (Å²) < 4.78 is 6.55. The molecule has 33 heavy (non-hydrogen) atoms. The number of hydrogen-bond acceptors (Lipinski definition) is 5. The van der Waals surface area contributed by atoms with Gasteiger partial charge in [-0.15, -0.1) is 0 Å². The first kappa shape index (κ1) is 21.3. The van der Waals surface area contributed by atoms with Crippen molar-refractivity contribution in [3.8, 4) is 11.5 Å². The molecule has 1 amide bonds. The number of hydrogen-bond donors (Lipinski definition) is 3. The Morgan fingerprint density at radius 2 is 1.39 bits per heavy atom. The van der Waals surface area contributed by atoms with Crippen LogP contribution in [-0.2, 0) is 5.54 Å². The van der Waals surface area contributed by atoms with E-state index in [0.717, 1.165) is 63.8 Å². The van der Waals surface area contributed by atoms with E-state index in [2.05, 4.69) is 74.1 Å². The van der Waals surface area contributed by atoms with Gasteiger partial charge in [0, 0.05) is 65.9 Å². The van der Waals surface area contributed by atoms with Crippen LogP contribution in [0.15, 0.2) is 48.5 Å². The van der Waals surface area contributed by atoms with Gasteiger partial charge in [-0.05, 0) is 57.0 Å². The van der Waals surface area contributed by atoms with Gasteiger partial charge in [-0.3, -0.25) is 9.80 Å². The summed E-state index contributed by atoms with van der Waals surface area (Å²) in [5.41, 5.74) is 10.2. The van der Waals surface area contributed by atoms with E-state index in [1.165, 1.54) is 0 Å². The predicted molar refractivity (Wildman–Crippen MR) is 132 cm³/mol. The number of nitrogens with one attached hydrogen (secondary N) is 3. The van der Waals surface area contributed by atoms with E-state index >= 15 is 0 Å². The minimum absolute atomic E-state index is 0.0475. The van der Waals surface area contributed by atoms with Crippen molar-refractivity contribution in [1.29, 1.82) is 0 Å². The number of amides is 1. The third-order valence-corrected chi connectivity index (χ3v) is 6.70. The summed E-state index contributed by atoms with van der Waals surface area (Å²) in [5.74, 6) is 1.45. The van der Waals surface area contributed by atoms with E-state index in [1.807, 2.05) is 18.2 Å². The second kappa shape index (κ2) is 7.81. The van der Waals surface area contributed by atoms with E-state index in [-0.39, 0.29) is 5.91 Å². The zero-order valence-electron chi connectivity index (χ0n) is 19.8. The number of nitrogens with zero attached hydrogens (tertiary/aromatic N) is 1. The zero-order chi connectivity index (χ0) is 23.3. The van der Waals surface area contributed by atoms with Crippen molar-refractivity contribution in [3.05, 3.63) is 81.9 Å². The molecule has 0 fully saturated rings. The van der Waals surface area contributed by atoms with Gasteiger partial charge in [0.2, 0.25) is 0 Å². The molecule has 3 aromatic rings. The highest BCUT2D eigenvalue weighted by Crippen LogP contribution is 2.58. The maximum Gasteiger partial charge on any atom is 0.269 e. The van der Waals surface area contributed by atoms with Gasteiger partial charge in [-0.25, -0.2) is 5.43 Å². The third-order valence-electron chi connectivity index (χ3n) is 6.70. The molecule has 2 aliphatic rings. The van der Waals surface area contributed by atoms with E-state index in [4.69, 9.17) is 4.74 Å². The molecule has 0 bridgehead atoms. The first-order valence-electron chi connectivity index (χ1n) is 11.5. The lowest BCUT2D eigenvalue weighted by molar-refractivity contribution is 0.0544. The fourth-order valence-electron chi connectivity index (χ4n) is 5.31. The minimum Gasteiger partial charge on any atom is -0.456 e. The van der Waals surface area contributed by atoms with Gasteiger partial charge in [-0.1, -0.05) is 18.2 Å². The summed E-state index contributed by atoms with van der Waals surface area (Å²) in [6, 6.07) is 16.3. The first-order valence-corrected chi connectivity index (χ1v) is 11.5. The van der Waals surface area contributed by atoms with Crippen LogP contribution in [0.2, 0.25) is 0 Å². The SMILES string of the molecule is CCNc1cc2c(cc1C)C1(c3cc(C)c(NCC)cc3O2)c2ccccc2C(=O)N1NC. The lowest BCUT2D eigenvalue weighted by Crippen LogP contribution is -2.53. The average molecular weight is 443 g/mol. The van der Waals surface area contributed by atoms with Gasteiger partial charge in [0.1, 0.15) is 17.0 Å². The highest BCUT2D eigenvalue weighted by atomic mass is 16.5. The fourth-order valence-corrected chi connectivity index (χ4v) is 5.31. The molecule has 5 rings (SSSR count). The van der Waals surface area contributed by atoms with Crippen molar-refractivity contribution in [2.75, 3.05) is 30.8 Å². The fraction of sp³-hybridized carbons (Fsp3) is 0.296. The Morgan fingerprint density at radius 1 is 0.848 bits per heavy atom. The molecule has 170 valence electrons. The van der Waals surface area contributed by atoms with E-state index in [9.17, 15) is 4.79 Å². The number of benzene rings is 3. The van der Waals surface area contributed by atoms with Gasteiger partial charge in [0.15, 0.2) is 0 Å². The van der Waals surface area contributed by atoms with Crippen LogP contribution < -0.4 is 20.8 Å². The highest BCUT2D eigenvalue weighted by molar-refractivity contribution is 6.02. The molecule has 3 N–H and O–H groups in total. The lowest BCUT2D eigenvalue weighted by Gasteiger charge is -2.44. The normalized spacial score (nSPS) is 15.1. The van der Waals surface area contributed by atoms with Crippen LogP contribution in [0, 0.1) is 13.8 Å². The number of rotatable bonds is 5. The second-order valence-corrected chi connectivity index (χ2v) is 8.61. The number of anilines is 2. The van der Waals surface area contributed by atoms with E-state index < -0.39 is 5.54 Å². The summed E-state index contributed by atoms with van der Waals surface area (Å²) in [6.45, 7) is 9.97. The van der Waals surface area contributed by atoms with Gasteiger partial charge in [-0.2, -0.15) is 0 Å². The van der Waals surface area contributed by atoms with Crippen LogP contribution in [0.25, 0.3) is 0 Å². The molecule has 0 aliphatic carbocycles. The molecule has 2 heterocycles. The number of carbonyl (C=O) groups is 1. The van der Waals surface area contributed by atoms with Gasteiger partial charge >= 0.3 is 0 Å². The summed E-state index contributed by atoms with van der Waals surface area (Å²) >= 11 is 0. The summed E-state index contributed by atoms with van der Waals surface area (Å²) in [6.07, 6.45) is 0. The number of ether oxygens (including phenoxy) is 1. The predicted octanol–water partition coefficient (Wildman–Crippen LogP) is 5.15. The van der Waals surface area contributed by atoms with Crippen molar-refractivity contribution < 1.29 is 9.53 Å². The molecule has 0 radical (unpaired) electrons. The molecule has 0 aromatic heterocycles. The molecule has 3 aromatic carbocycles. The van der Waals surface area contributed by atoms with Gasteiger partial charge in [0.25, 0.3) is 5.91 Å². The number of carbonyl (C=O) groups excluding carboxylic acids is 1. The van der Waals surface area contributed by atoms with Crippen molar-refractivity contribution >= 4 is 17.3 Å². The van der Waals surface area contributed by atoms with Crippen LogP contribution in [0.4, 0.5) is 11.4 Å². The topological polar surface area (TPSA) is 65.6 Å². The quantitative estimate of drug-likeness (QED) is 0.510. The standard InChI is InChI=1S/C27H30N4O2/c1-6-29-22-14-24-20(12-16(22)3)27(19-11-9-8-10-18(19)26(32)31(27)28-5)21-13-17(4)23(30-7-2)15-25(21)33-24/h8-15,28-30H,6-7H2,1-5H3. The van der Waals surface area contributed by atoms with Crippen LogP contribution >= 0.6 is 0 Å². The first-order chi connectivity index (χ1) is 16.0. The molecule has 0 saturated heterocycles. The monoisotopic (exact) mass is 442 g/mol. The Morgan fingerprint density at radius 3 is 1.91 bits per heavy atom. The molecular formula is C27H30N4O2. The molecular weight excluding hydrogens is 412 g/mol. The molecule has 0 saturated carbocycles. The number of aryl methyl sites for hydroxylation is 2. The van der Waals surface area contributed by atoms with Crippen molar-refractivity contribution in [2.45, 2.75) is 33.2 Å². The maximum atomic E-state index is 13.6. The Bertz CT molecular complexity index is 1210. The molecule has 6 nitrogen and oxygen atoms in total. The van der Waals surface area contributed by atoms with Crippen LogP contribution in [0.5, 0.6) is 11.5 Å². The zero-order valence-corrected chi connectivity index (χ0v) is 19.8. The van der Waals surface area contributed by atoms with Crippen molar-refractivity contribution in [3.63, 3.8) is 0 Å². The van der Waals surface area contributed by atoms with E-state index in [0.29, 0.717) is 5.56 Å². The average Bonchev–Trinajstić information content (AvgIpc) is 3.06. The minimum atomic E-state index is -0.837. The Labute approximate surface area is 194 Å². The Balaban J connectivity index is 1.90. The lowest BCUT2D eigenvalue weighted by atomic mass is 9.74. The number of hydrazine groups is 1. The molecule has 0 atom stereocenters. The van der Waals surface area contributed by atoms with Crippen LogP contribution in [0.1, 0.15) is 52.0 Å². The summed E-state index contributed by atoms with van der Waals surface area (Å²) in [5, 5.41) is 8.63. The van der Waals surface area contributed by atoms with E-state index in [1.54, 1.807) is 12.1 Å². The van der Waals surface area contributed by atoms with Crippen molar-refractivity contribution in [2.24, 2.45) is 0 Å². The molecule has 1 spiro atoms. The highest BCUT2D eigenvalue weighted by Gasteiger charge is 2.56. The maximum absolute atomic E-state index is 13.6. The smallest absolute Gasteiger partial charge is 0.269 e. The van der Waals surface area contributed by atoms with Crippen molar-refractivity contribution in [1.82, 2.24) is 10.4 Å². The van der Waals surface area contributed by atoms with Crippen LogP contribution in [-0.4, -0.2) is 31.1 Å². The third kappa shape index (κ3) is 2.87. The molecule has 2 aliphatic heterocycles. The summed E-state index contributed by atoms with van der Waals surface area (Å²) in [4.78, 5) is 13.6. The summed E-state index contributed by atoms with van der Waals surface area (Å²) in [7, 11) is 1.81. The largest absolute Gasteiger partial charge is 0.456 e.